The average molecular weight is 304 g/mol. The molecule has 0 spiro atoms. The smallest absolute Gasteiger partial charge is 0.367 e. The molecule has 6 heteroatoms. The number of alkyl halides is 3. The Balaban J connectivity index is 2.07. The van der Waals surface area contributed by atoms with Gasteiger partial charge in [-0.15, -0.1) is 0 Å². The largest absolute Gasteiger partial charge is 0.401 e. The van der Waals surface area contributed by atoms with Gasteiger partial charge in [-0.05, 0) is 24.5 Å². The fraction of sp³-hybridized carbons (Fsp3) is 0.600. The summed E-state index contributed by atoms with van der Waals surface area (Å²) in [5.74, 6) is -0.0621. The maximum atomic E-state index is 13.9. The molecule has 0 amide bonds. The summed E-state index contributed by atoms with van der Waals surface area (Å²) in [6, 6.07) is 6.13. The number of para-hydroxylation sites is 1. The molecule has 2 unspecified atom stereocenters. The molecule has 1 aliphatic heterocycles. The fourth-order valence-corrected chi connectivity index (χ4v) is 2.81. The van der Waals surface area contributed by atoms with Crippen LogP contribution in [0.2, 0.25) is 0 Å². The van der Waals surface area contributed by atoms with Crippen molar-refractivity contribution in [3.63, 3.8) is 0 Å². The molecule has 0 aromatic heterocycles. The van der Waals surface area contributed by atoms with Gasteiger partial charge < -0.3 is 10.2 Å². The van der Waals surface area contributed by atoms with Crippen LogP contribution >= 0.6 is 0 Å². The van der Waals surface area contributed by atoms with E-state index in [9.17, 15) is 17.6 Å². The SMILES string of the molecule is CCC1CC(NCC(F)(F)F)CN(c2ccccc2F)C1. The van der Waals surface area contributed by atoms with Crippen molar-refractivity contribution in [1.29, 1.82) is 0 Å². The first kappa shape index (κ1) is 16.1. The number of nitrogens with zero attached hydrogens (tertiary/aromatic N) is 1. The number of piperidine rings is 1. The van der Waals surface area contributed by atoms with Gasteiger partial charge in [0.1, 0.15) is 5.82 Å². The zero-order chi connectivity index (χ0) is 15.5. The number of benzene rings is 1. The molecular formula is C15H20F4N2. The predicted octanol–water partition coefficient (Wildman–Crippen LogP) is 3.58. The number of anilines is 1. The van der Waals surface area contributed by atoms with Gasteiger partial charge in [-0.3, -0.25) is 0 Å². The molecule has 118 valence electrons. The summed E-state index contributed by atoms with van der Waals surface area (Å²) in [6.07, 6.45) is -2.66. The van der Waals surface area contributed by atoms with Gasteiger partial charge in [0.15, 0.2) is 0 Å². The third-order valence-electron chi connectivity index (χ3n) is 3.90. The van der Waals surface area contributed by atoms with Crippen LogP contribution < -0.4 is 10.2 Å². The van der Waals surface area contributed by atoms with E-state index in [4.69, 9.17) is 0 Å². The monoisotopic (exact) mass is 304 g/mol. The first-order chi connectivity index (χ1) is 9.89. The molecule has 0 bridgehead atoms. The van der Waals surface area contributed by atoms with Gasteiger partial charge in [-0.25, -0.2) is 4.39 Å². The van der Waals surface area contributed by atoms with Gasteiger partial charge in [0, 0.05) is 19.1 Å². The highest BCUT2D eigenvalue weighted by molar-refractivity contribution is 5.48. The van der Waals surface area contributed by atoms with Gasteiger partial charge in [-0.1, -0.05) is 25.5 Å². The van der Waals surface area contributed by atoms with Crippen LogP contribution in [-0.2, 0) is 0 Å². The molecule has 1 saturated heterocycles. The van der Waals surface area contributed by atoms with E-state index in [0.717, 1.165) is 6.42 Å². The van der Waals surface area contributed by atoms with Gasteiger partial charge in [-0.2, -0.15) is 13.2 Å². The van der Waals surface area contributed by atoms with Crippen molar-refractivity contribution in [2.45, 2.75) is 32.0 Å². The summed E-state index contributed by atoms with van der Waals surface area (Å²) < 4.78 is 50.9. The van der Waals surface area contributed by atoms with Gasteiger partial charge in [0.2, 0.25) is 0 Å². The van der Waals surface area contributed by atoms with Gasteiger partial charge in [0.05, 0.1) is 12.2 Å². The van der Waals surface area contributed by atoms with Crippen LogP contribution in [0.4, 0.5) is 23.2 Å². The minimum absolute atomic E-state index is 0.268. The molecule has 0 aliphatic carbocycles. The Morgan fingerprint density at radius 1 is 1.24 bits per heavy atom. The van der Waals surface area contributed by atoms with Crippen LogP contribution in [-0.4, -0.2) is 31.9 Å². The normalized spacial score (nSPS) is 23.4. The highest BCUT2D eigenvalue weighted by Crippen LogP contribution is 2.27. The van der Waals surface area contributed by atoms with E-state index < -0.39 is 12.7 Å². The summed E-state index contributed by atoms with van der Waals surface area (Å²) in [4.78, 5) is 1.85. The van der Waals surface area contributed by atoms with Crippen LogP contribution in [0.3, 0.4) is 0 Å². The van der Waals surface area contributed by atoms with Crippen LogP contribution in [0, 0.1) is 11.7 Å². The van der Waals surface area contributed by atoms with E-state index in [2.05, 4.69) is 5.32 Å². The minimum Gasteiger partial charge on any atom is -0.367 e. The van der Waals surface area contributed by atoms with Crippen molar-refractivity contribution in [2.75, 3.05) is 24.5 Å². The lowest BCUT2D eigenvalue weighted by atomic mass is 9.91. The number of rotatable bonds is 4. The minimum atomic E-state index is -4.22. The first-order valence-electron chi connectivity index (χ1n) is 7.18. The molecule has 2 atom stereocenters. The zero-order valence-corrected chi connectivity index (χ0v) is 12.0. The molecule has 1 N–H and O–H groups in total. The first-order valence-corrected chi connectivity index (χ1v) is 7.18. The molecule has 2 nitrogen and oxygen atoms in total. The van der Waals surface area contributed by atoms with Crippen molar-refractivity contribution in [3.8, 4) is 0 Å². The van der Waals surface area contributed by atoms with Crippen molar-refractivity contribution in [3.05, 3.63) is 30.1 Å². The maximum Gasteiger partial charge on any atom is 0.401 e. The second kappa shape index (κ2) is 6.64. The highest BCUT2D eigenvalue weighted by atomic mass is 19.4. The molecule has 2 rings (SSSR count). The molecule has 1 aromatic rings. The molecule has 1 aromatic carbocycles. The van der Waals surface area contributed by atoms with E-state index in [-0.39, 0.29) is 17.8 Å². The third-order valence-corrected chi connectivity index (χ3v) is 3.90. The van der Waals surface area contributed by atoms with Gasteiger partial charge >= 0.3 is 6.18 Å². The topological polar surface area (TPSA) is 15.3 Å². The van der Waals surface area contributed by atoms with Gasteiger partial charge in [0.25, 0.3) is 0 Å². The van der Waals surface area contributed by atoms with Crippen LogP contribution in [0.5, 0.6) is 0 Å². The third kappa shape index (κ3) is 4.59. The maximum absolute atomic E-state index is 13.9. The Kier molecular flexibility index (Phi) is 5.08. The summed E-state index contributed by atoms with van der Waals surface area (Å²) in [5.41, 5.74) is 0.467. The standard InChI is InChI=1S/C15H20F4N2/c1-2-11-7-12(20-10-15(17,18)19)9-21(8-11)14-6-4-3-5-13(14)16/h3-6,11-12,20H,2,7-10H2,1H3. The zero-order valence-electron chi connectivity index (χ0n) is 12.0. The quantitative estimate of drug-likeness (QED) is 0.855. The molecular weight excluding hydrogens is 284 g/mol. The predicted molar refractivity (Wildman–Crippen MR) is 74.9 cm³/mol. The van der Waals surface area contributed by atoms with Crippen molar-refractivity contribution in [2.24, 2.45) is 5.92 Å². The lowest BCUT2D eigenvalue weighted by molar-refractivity contribution is -0.126. The molecule has 1 fully saturated rings. The molecule has 21 heavy (non-hydrogen) atoms. The number of hydrogen-bond donors (Lipinski definition) is 1. The Morgan fingerprint density at radius 3 is 2.57 bits per heavy atom. The molecule has 0 radical (unpaired) electrons. The Bertz CT molecular complexity index is 461. The summed E-state index contributed by atoms with van der Waals surface area (Å²) >= 11 is 0. The van der Waals surface area contributed by atoms with Crippen LogP contribution in [0.25, 0.3) is 0 Å². The Morgan fingerprint density at radius 2 is 1.95 bits per heavy atom. The average Bonchev–Trinajstić information content (AvgIpc) is 2.44. The number of hydrogen-bond acceptors (Lipinski definition) is 2. The van der Waals surface area contributed by atoms with Crippen LogP contribution in [0.15, 0.2) is 24.3 Å². The molecule has 1 heterocycles. The van der Waals surface area contributed by atoms with Crippen molar-refractivity contribution >= 4 is 5.69 Å². The Labute approximate surface area is 122 Å². The van der Waals surface area contributed by atoms with Crippen molar-refractivity contribution in [1.82, 2.24) is 5.32 Å². The van der Waals surface area contributed by atoms with Crippen LogP contribution in [0.1, 0.15) is 19.8 Å². The van der Waals surface area contributed by atoms with E-state index in [1.165, 1.54) is 6.07 Å². The second-order valence-corrected chi connectivity index (χ2v) is 5.56. The molecule has 0 saturated carbocycles. The summed E-state index contributed by atoms with van der Waals surface area (Å²) in [6.45, 7) is 2.09. The van der Waals surface area contributed by atoms with E-state index in [0.29, 0.717) is 25.2 Å². The van der Waals surface area contributed by atoms with E-state index in [1.54, 1.807) is 18.2 Å². The molecule has 1 aliphatic rings. The lowest BCUT2D eigenvalue weighted by Crippen LogP contribution is -2.51. The second-order valence-electron chi connectivity index (χ2n) is 5.56. The lowest BCUT2D eigenvalue weighted by Gasteiger charge is -2.39. The number of nitrogens with one attached hydrogen (secondary N) is 1. The summed E-state index contributed by atoms with van der Waals surface area (Å²) in [5, 5.41) is 2.56. The Hall–Kier alpha value is -1.30. The summed E-state index contributed by atoms with van der Waals surface area (Å²) in [7, 11) is 0. The fourth-order valence-electron chi connectivity index (χ4n) is 2.81. The van der Waals surface area contributed by atoms with E-state index >= 15 is 0 Å². The van der Waals surface area contributed by atoms with Crippen molar-refractivity contribution < 1.29 is 17.6 Å². The highest BCUT2D eigenvalue weighted by Gasteiger charge is 2.32. The van der Waals surface area contributed by atoms with E-state index in [1.807, 2.05) is 11.8 Å². The number of halogens is 4.